The SMILES string of the molecule is O=C1OCC2OC(O)C3OC(=O)c4cc(O)c(O)c(O)c4-c4c(cc(O)c(O)c4O)C(=O)O[C@H]3[C@H]2OC(=O)c2cc(O)c(O)c3oc(=O)c4cc(O)c(c(O)c4c23)Oc2c1cc(O)c(O)c2O. The number of benzene rings is 5. The maximum atomic E-state index is 14.6. The second-order valence-electron chi connectivity index (χ2n) is 14.8. The minimum absolute atomic E-state index is 0.435. The number of phenolic OH excluding ortho intramolecular Hbond substituents is 13. The standard InChI is InChI=1S/C41H26O26/c42-12-1-7-18(26(51)22(12)47)19-8(2-13(43)23(48)27(19)52)39(58)67-35-34(66-38(7)57)32-17(62-41(35)60)6-61-36(55)11-5-14(44)24(49)29(54)30(11)63-31-16(46)4-9-20(28(31)53)21-10(40(59)64-32)3-15(45)25(50)33(21)65-37(9)56/h1-5,17,32,34-35,41-54,60H,6H2/t17?,32-,34-,35?,41?/m0/s1. The zero-order valence-corrected chi connectivity index (χ0v) is 32.6. The van der Waals surface area contributed by atoms with Gasteiger partial charge in [-0.3, -0.25) is 0 Å². The second kappa shape index (κ2) is 14.8. The van der Waals surface area contributed by atoms with Gasteiger partial charge in [0.25, 0.3) is 0 Å². The molecule has 4 heterocycles. The molecule has 0 amide bonds. The number of aliphatic hydroxyl groups is 1. The van der Waals surface area contributed by atoms with Crippen LogP contribution in [0.2, 0.25) is 0 Å². The maximum Gasteiger partial charge on any atom is 0.344 e. The maximum absolute atomic E-state index is 14.6. The molecule has 1 saturated heterocycles. The molecule has 1 fully saturated rings. The van der Waals surface area contributed by atoms with Gasteiger partial charge in [0.2, 0.25) is 34.5 Å². The van der Waals surface area contributed by atoms with Crippen molar-refractivity contribution in [2.45, 2.75) is 30.7 Å². The highest BCUT2D eigenvalue weighted by molar-refractivity contribution is 6.19. The van der Waals surface area contributed by atoms with E-state index in [4.69, 9.17) is 32.8 Å². The molecule has 0 aliphatic carbocycles. The van der Waals surface area contributed by atoms with Crippen molar-refractivity contribution in [2.24, 2.45) is 0 Å². The van der Waals surface area contributed by atoms with Crippen LogP contribution in [0.25, 0.3) is 32.9 Å². The van der Waals surface area contributed by atoms with E-state index in [1.54, 1.807) is 0 Å². The normalized spacial score (nSPS) is 20.4. The average Bonchev–Trinajstić information content (AvgIpc) is 3.28. The van der Waals surface area contributed by atoms with E-state index in [0.29, 0.717) is 30.3 Å². The molecule has 0 saturated carbocycles. The number of rotatable bonds is 0. The third-order valence-electron chi connectivity index (χ3n) is 10.9. The molecule has 67 heavy (non-hydrogen) atoms. The van der Waals surface area contributed by atoms with Crippen LogP contribution >= 0.6 is 0 Å². The van der Waals surface area contributed by atoms with Crippen molar-refractivity contribution in [2.75, 3.05) is 6.61 Å². The first-order chi connectivity index (χ1) is 31.6. The van der Waals surface area contributed by atoms with Gasteiger partial charge in [0.15, 0.2) is 81.9 Å². The zero-order chi connectivity index (χ0) is 48.4. The molecule has 3 aliphatic rings. The summed E-state index contributed by atoms with van der Waals surface area (Å²) in [4.78, 5) is 70.0. The Hall–Kier alpha value is -9.43. The molecule has 346 valence electrons. The van der Waals surface area contributed by atoms with Crippen molar-refractivity contribution in [3.05, 3.63) is 63.0 Å². The van der Waals surface area contributed by atoms with E-state index >= 15 is 0 Å². The molecule has 3 aliphatic heterocycles. The summed E-state index contributed by atoms with van der Waals surface area (Å²) in [5.41, 5.74) is -8.65. The van der Waals surface area contributed by atoms with Gasteiger partial charge in [0.1, 0.15) is 18.3 Å². The van der Waals surface area contributed by atoms with E-state index in [0.717, 1.165) is 0 Å². The molecule has 14 N–H and O–H groups in total. The average molecular weight is 935 g/mol. The second-order valence-corrected chi connectivity index (χ2v) is 14.8. The number of esters is 4. The van der Waals surface area contributed by atoms with Gasteiger partial charge in [-0.15, -0.1) is 0 Å². The number of phenols is 13. The fourth-order valence-corrected chi connectivity index (χ4v) is 7.77. The minimum atomic E-state index is -2.54. The lowest BCUT2D eigenvalue weighted by Gasteiger charge is -2.43. The van der Waals surface area contributed by atoms with E-state index in [9.17, 15) is 95.5 Å². The molecule has 0 radical (unpaired) electrons. The quantitative estimate of drug-likeness (QED) is 0.0339. The topological polar surface area (TPSA) is 437 Å². The number of carbonyl (C=O) groups excluding carboxylic acids is 4. The highest BCUT2D eigenvalue weighted by atomic mass is 16.7. The van der Waals surface area contributed by atoms with Crippen molar-refractivity contribution in [3.8, 4) is 97.4 Å². The summed E-state index contributed by atoms with van der Waals surface area (Å²) in [6.45, 7) is -1.26. The number of hydrogen-bond acceptors (Lipinski definition) is 26. The van der Waals surface area contributed by atoms with Crippen molar-refractivity contribution >= 4 is 45.6 Å². The molecule has 5 aromatic carbocycles. The third kappa shape index (κ3) is 6.30. The van der Waals surface area contributed by atoms with Gasteiger partial charge in [0.05, 0.1) is 22.1 Å². The van der Waals surface area contributed by atoms with Crippen LogP contribution in [0.3, 0.4) is 0 Å². The fourth-order valence-electron chi connectivity index (χ4n) is 7.77. The smallest absolute Gasteiger partial charge is 0.344 e. The molecule has 0 spiro atoms. The molecular formula is C41H26O26. The monoisotopic (exact) mass is 934 g/mol. The lowest BCUT2D eigenvalue weighted by Crippen LogP contribution is -2.62. The van der Waals surface area contributed by atoms with Crippen LogP contribution in [0.15, 0.2) is 39.5 Å². The third-order valence-corrected chi connectivity index (χ3v) is 10.9. The van der Waals surface area contributed by atoms with Gasteiger partial charge in [-0.25, -0.2) is 24.0 Å². The fraction of sp³-hybridized carbons (Fsp3) is 0.146. The van der Waals surface area contributed by atoms with Crippen LogP contribution in [0.5, 0.6) is 86.2 Å². The molecule has 26 heteroatoms. The molecule has 1 aromatic heterocycles. The summed E-state index contributed by atoms with van der Waals surface area (Å²) in [5, 5.41) is 149. The van der Waals surface area contributed by atoms with Gasteiger partial charge in [0, 0.05) is 28.0 Å². The first kappa shape index (κ1) is 42.9. The lowest BCUT2D eigenvalue weighted by molar-refractivity contribution is -0.284. The van der Waals surface area contributed by atoms with Gasteiger partial charge >= 0.3 is 29.5 Å². The van der Waals surface area contributed by atoms with Crippen LogP contribution in [-0.2, 0) is 23.7 Å². The number of fused-ring (bicyclic) bond motifs is 8. The Morgan fingerprint density at radius 2 is 0.940 bits per heavy atom. The summed E-state index contributed by atoms with van der Waals surface area (Å²) in [5.74, 6) is -26.0. The summed E-state index contributed by atoms with van der Waals surface area (Å²) in [6.07, 6.45) is -11.9. The Morgan fingerprint density at radius 1 is 0.448 bits per heavy atom. The Balaban J connectivity index is 1.30. The molecule has 26 nitrogen and oxygen atoms in total. The summed E-state index contributed by atoms with van der Waals surface area (Å²) in [7, 11) is 0. The van der Waals surface area contributed by atoms with E-state index in [-0.39, 0.29) is 0 Å². The predicted octanol–water partition coefficient (Wildman–Crippen LogP) is 1.76. The van der Waals surface area contributed by atoms with Crippen LogP contribution < -0.4 is 10.4 Å². The van der Waals surface area contributed by atoms with Crippen LogP contribution in [0.1, 0.15) is 41.4 Å². The highest BCUT2D eigenvalue weighted by Crippen LogP contribution is 2.55. The van der Waals surface area contributed by atoms with Gasteiger partial charge in [-0.05, 0) is 24.3 Å². The van der Waals surface area contributed by atoms with Crippen LogP contribution in [-0.4, -0.2) is 133 Å². The molecule has 2 bridgehead atoms. The van der Waals surface area contributed by atoms with Gasteiger partial charge < -0.3 is 104 Å². The lowest BCUT2D eigenvalue weighted by atomic mass is 9.91. The molecule has 3 unspecified atom stereocenters. The predicted molar refractivity (Wildman–Crippen MR) is 209 cm³/mol. The first-order valence-corrected chi connectivity index (χ1v) is 18.7. The Morgan fingerprint density at radius 3 is 1.54 bits per heavy atom. The van der Waals surface area contributed by atoms with Crippen LogP contribution in [0, 0.1) is 0 Å². The number of aliphatic hydroxyl groups excluding tert-OH is 1. The van der Waals surface area contributed by atoms with Gasteiger partial charge in [-0.2, -0.15) is 0 Å². The first-order valence-electron chi connectivity index (χ1n) is 18.7. The summed E-state index contributed by atoms with van der Waals surface area (Å²) in [6, 6.07) is 2.43. The van der Waals surface area contributed by atoms with Crippen LogP contribution in [0.4, 0.5) is 0 Å². The van der Waals surface area contributed by atoms with Crippen molar-refractivity contribution in [1.82, 2.24) is 0 Å². The van der Waals surface area contributed by atoms with Crippen molar-refractivity contribution in [3.63, 3.8) is 0 Å². The number of cyclic esters (lactones) is 1. The summed E-state index contributed by atoms with van der Waals surface area (Å²) >= 11 is 0. The Labute approximate surface area is 366 Å². The zero-order valence-electron chi connectivity index (χ0n) is 32.6. The number of aromatic hydroxyl groups is 13. The van der Waals surface area contributed by atoms with E-state index < -0.39 is 208 Å². The number of hydrogen-bond donors (Lipinski definition) is 14. The highest BCUT2D eigenvalue weighted by Gasteiger charge is 2.54. The largest absolute Gasteiger partial charge is 0.504 e. The Kier molecular flexibility index (Phi) is 9.48. The minimum Gasteiger partial charge on any atom is -0.504 e. The van der Waals surface area contributed by atoms with Gasteiger partial charge in [-0.1, -0.05) is 0 Å². The number of carbonyl (C=O) groups is 4. The van der Waals surface area contributed by atoms with E-state index in [1.807, 2.05) is 0 Å². The Bertz CT molecular complexity index is 3320. The molecule has 9 rings (SSSR count). The van der Waals surface area contributed by atoms with E-state index in [2.05, 4.69) is 0 Å². The van der Waals surface area contributed by atoms with Crippen molar-refractivity contribution in [1.29, 1.82) is 0 Å². The number of ether oxygens (including phenoxy) is 6. The molecule has 5 atom stereocenters. The summed E-state index contributed by atoms with van der Waals surface area (Å²) < 4.78 is 38.4. The molecule has 6 aromatic rings. The molecular weight excluding hydrogens is 908 g/mol. The van der Waals surface area contributed by atoms with Crippen molar-refractivity contribution < 1.29 is 124 Å². The van der Waals surface area contributed by atoms with E-state index in [1.165, 1.54) is 0 Å².